The predicted octanol–water partition coefficient (Wildman–Crippen LogP) is 4.04. The maximum Gasteiger partial charge on any atom is 0.244 e. The van der Waals surface area contributed by atoms with Crippen molar-refractivity contribution in [1.29, 1.82) is 5.26 Å². The molecule has 6 nitrogen and oxygen atoms in total. The van der Waals surface area contributed by atoms with Crippen LogP contribution in [-0.2, 0) is 6.54 Å². The van der Waals surface area contributed by atoms with Gasteiger partial charge in [-0.15, -0.1) is 0 Å². The molecule has 1 aromatic carbocycles. The van der Waals surface area contributed by atoms with Crippen LogP contribution < -0.4 is 0 Å². The molecule has 1 unspecified atom stereocenters. The molecule has 27 heavy (non-hydrogen) atoms. The Morgan fingerprint density at radius 1 is 1.26 bits per heavy atom. The molecule has 1 atom stereocenters. The number of nitrogens with zero attached hydrogens (tertiary/aromatic N) is 5. The summed E-state index contributed by atoms with van der Waals surface area (Å²) in [4.78, 5) is 11.5. The van der Waals surface area contributed by atoms with E-state index in [1.807, 2.05) is 25.3 Å². The van der Waals surface area contributed by atoms with Crippen LogP contribution >= 0.6 is 0 Å². The van der Waals surface area contributed by atoms with Gasteiger partial charge in [0.1, 0.15) is 0 Å². The van der Waals surface area contributed by atoms with Crippen LogP contribution in [-0.4, -0.2) is 26.6 Å². The summed E-state index contributed by atoms with van der Waals surface area (Å²) in [5, 5.41) is 13.2. The highest BCUT2D eigenvalue weighted by Gasteiger charge is 2.29. The minimum Gasteiger partial charge on any atom is -0.337 e. The van der Waals surface area contributed by atoms with Gasteiger partial charge in [0.25, 0.3) is 0 Å². The van der Waals surface area contributed by atoms with Crippen molar-refractivity contribution < 1.29 is 4.52 Å². The molecule has 0 N–H and O–H groups in total. The Hall–Kier alpha value is -3.04. The minimum absolute atomic E-state index is 0.0993. The maximum absolute atomic E-state index is 9.08. The normalized spacial score (nSPS) is 17.6. The number of pyridine rings is 1. The predicted molar refractivity (Wildman–Crippen MR) is 100 cm³/mol. The highest BCUT2D eigenvalue weighted by molar-refractivity contribution is 5.57. The van der Waals surface area contributed by atoms with Gasteiger partial charge in [-0.25, -0.2) is 0 Å². The van der Waals surface area contributed by atoms with Gasteiger partial charge >= 0.3 is 0 Å². The summed E-state index contributed by atoms with van der Waals surface area (Å²) >= 11 is 0. The van der Waals surface area contributed by atoms with Gasteiger partial charge < -0.3 is 4.52 Å². The van der Waals surface area contributed by atoms with Crippen molar-refractivity contribution in [2.45, 2.75) is 38.8 Å². The van der Waals surface area contributed by atoms with Crippen molar-refractivity contribution in [1.82, 2.24) is 20.0 Å². The Labute approximate surface area is 158 Å². The van der Waals surface area contributed by atoms with Gasteiger partial charge in [0.05, 0.1) is 23.4 Å². The Balaban J connectivity index is 1.56. The van der Waals surface area contributed by atoms with Gasteiger partial charge in [0, 0.05) is 18.3 Å². The van der Waals surface area contributed by atoms with Crippen molar-refractivity contribution in [2.75, 3.05) is 6.54 Å². The highest BCUT2D eigenvalue weighted by Crippen LogP contribution is 2.32. The SMILES string of the molecule is Cc1ccc(CN2CCCCC2c2nc(-c3cccc(C#N)c3)no2)nc1. The number of nitriles is 1. The third kappa shape index (κ3) is 3.88. The number of aromatic nitrogens is 3. The van der Waals surface area contributed by atoms with Gasteiger partial charge in [-0.1, -0.05) is 29.8 Å². The standard InChI is InChI=1S/C21H21N5O/c1-15-8-9-18(23-13-15)14-26-10-3-2-7-19(26)21-24-20(25-27-21)17-6-4-5-16(11-17)12-22/h4-6,8-9,11,13,19H,2-3,7,10,14H2,1H3. The summed E-state index contributed by atoms with van der Waals surface area (Å²) in [5.41, 5.74) is 3.60. The fraction of sp³-hybridized carbons (Fsp3) is 0.333. The lowest BCUT2D eigenvalue weighted by molar-refractivity contribution is 0.110. The largest absolute Gasteiger partial charge is 0.337 e. The molecule has 0 amide bonds. The Bertz CT molecular complexity index is 957. The number of piperidine rings is 1. The first-order valence-electron chi connectivity index (χ1n) is 9.22. The zero-order chi connectivity index (χ0) is 18.6. The van der Waals surface area contributed by atoms with E-state index in [9.17, 15) is 0 Å². The maximum atomic E-state index is 9.08. The molecule has 0 bridgehead atoms. The van der Waals surface area contributed by atoms with E-state index in [0.29, 0.717) is 17.3 Å². The van der Waals surface area contributed by atoms with E-state index in [1.165, 1.54) is 0 Å². The lowest BCUT2D eigenvalue weighted by atomic mass is 10.0. The molecule has 1 fully saturated rings. The van der Waals surface area contributed by atoms with Crippen molar-refractivity contribution in [3.8, 4) is 17.5 Å². The van der Waals surface area contributed by atoms with Crippen molar-refractivity contribution in [3.05, 3.63) is 65.3 Å². The van der Waals surface area contributed by atoms with Crippen LogP contribution in [0.1, 0.15) is 48.0 Å². The van der Waals surface area contributed by atoms with Crippen LogP contribution in [0.4, 0.5) is 0 Å². The number of benzene rings is 1. The second kappa shape index (κ2) is 7.68. The molecule has 136 valence electrons. The molecule has 0 aliphatic carbocycles. The smallest absolute Gasteiger partial charge is 0.244 e. The van der Waals surface area contributed by atoms with E-state index in [2.05, 4.69) is 38.2 Å². The summed E-state index contributed by atoms with van der Waals surface area (Å²) in [6.45, 7) is 3.80. The third-order valence-electron chi connectivity index (χ3n) is 4.93. The summed E-state index contributed by atoms with van der Waals surface area (Å²) < 4.78 is 5.61. The third-order valence-corrected chi connectivity index (χ3v) is 4.93. The average molecular weight is 359 g/mol. The van der Waals surface area contributed by atoms with Crippen LogP contribution in [0.15, 0.2) is 47.1 Å². The summed E-state index contributed by atoms with van der Waals surface area (Å²) in [7, 11) is 0. The second-order valence-corrected chi connectivity index (χ2v) is 6.96. The molecule has 4 rings (SSSR count). The fourth-order valence-electron chi connectivity index (χ4n) is 3.48. The lowest BCUT2D eigenvalue weighted by Crippen LogP contribution is -2.33. The van der Waals surface area contributed by atoms with E-state index in [-0.39, 0.29) is 6.04 Å². The summed E-state index contributed by atoms with van der Waals surface area (Å²) in [6.07, 6.45) is 5.20. The number of hydrogen-bond acceptors (Lipinski definition) is 6. The zero-order valence-corrected chi connectivity index (χ0v) is 15.3. The van der Waals surface area contributed by atoms with Crippen molar-refractivity contribution in [3.63, 3.8) is 0 Å². The molecule has 6 heteroatoms. The van der Waals surface area contributed by atoms with Crippen LogP contribution in [0.25, 0.3) is 11.4 Å². The van der Waals surface area contributed by atoms with E-state index >= 15 is 0 Å². The first-order valence-corrected chi connectivity index (χ1v) is 9.22. The van der Waals surface area contributed by atoms with Crippen LogP contribution in [0.2, 0.25) is 0 Å². The van der Waals surface area contributed by atoms with E-state index < -0.39 is 0 Å². The number of aryl methyl sites for hydroxylation is 1. The van der Waals surface area contributed by atoms with Crippen LogP contribution in [0, 0.1) is 18.3 Å². The number of likely N-dealkylation sites (tertiary alicyclic amines) is 1. The van der Waals surface area contributed by atoms with Gasteiger partial charge in [-0.05, 0) is 50.1 Å². The van der Waals surface area contributed by atoms with Crippen LogP contribution in [0.5, 0.6) is 0 Å². The summed E-state index contributed by atoms with van der Waals surface area (Å²) in [5.74, 6) is 1.17. The average Bonchev–Trinajstić information content (AvgIpc) is 3.20. The molecule has 0 spiro atoms. The first kappa shape index (κ1) is 17.4. The summed E-state index contributed by atoms with van der Waals surface area (Å²) in [6, 6.07) is 13.7. The topological polar surface area (TPSA) is 78.8 Å². The Morgan fingerprint density at radius 2 is 2.19 bits per heavy atom. The second-order valence-electron chi connectivity index (χ2n) is 6.96. The van der Waals surface area contributed by atoms with Gasteiger partial charge in [0.2, 0.25) is 11.7 Å². The number of rotatable bonds is 4. The molecule has 0 radical (unpaired) electrons. The van der Waals surface area contributed by atoms with Gasteiger partial charge in [-0.3, -0.25) is 9.88 Å². The fourth-order valence-corrected chi connectivity index (χ4v) is 3.48. The quantitative estimate of drug-likeness (QED) is 0.699. The molecule has 3 aromatic rings. The van der Waals surface area contributed by atoms with Crippen molar-refractivity contribution in [2.24, 2.45) is 0 Å². The van der Waals surface area contributed by atoms with E-state index in [0.717, 1.165) is 49.2 Å². The van der Waals surface area contributed by atoms with Gasteiger partial charge in [-0.2, -0.15) is 10.2 Å². The van der Waals surface area contributed by atoms with Gasteiger partial charge in [0.15, 0.2) is 0 Å². The molecular formula is C21H21N5O. The number of hydrogen-bond donors (Lipinski definition) is 0. The Kier molecular flexibility index (Phi) is 4.95. The van der Waals surface area contributed by atoms with Crippen LogP contribution in [0.3, 0.4) is 0 Å². The lowest BCUT2D eigenvalue weighted by Gasteiger charge is -2.32. The molecular weight excluding hydrogens is 338 g/mol. The zero-order valence-electron chi connectivity index (χ0n) is 15.3. The highest BCUT2D eigenvalue weighted by atomic mass is 16.5. The van der Waals surface area contributed by atoms with E-state index in [1.54, 1.807) is 12.1 Å². The van der Waals surface area contributed by atoms with Crippen molar-refractivity contribution >= 4 is 0 Å². The van der Waals surface area contributed by atoms with E-state index in [4.69, 9.17) is 9.78 Å². The monoisotopic (exact) mass is 359 g/mol. The molecule has 0 saturated carbocycles. The molecule has 1 aliphatic rings. The molecule has 1 saturated heterocycles. The Morgan fingerprint density at radius 3 is 3.00 bits per heavy atom. The first-order chi connectivity index (χ1) is 13.2. The molecule has 3 heterocycles. The molecule has 1 aliphatic heterocycles. The minimum atomic E-state index is 0.0993. The molecule has 2 aromatic heterocycles.